The molecule has 0 N–H and O–H groups in total. The molecule has 1 fully saturated rings. The number of hydrogen-bond acceptors (Lipinski definition) is 1. The van der Waals surface area contributed by atoms with Gasteiger partial charge in [0.1, 0.15) is 11.2 Å². The lowest BCUT2D eigenvalue weighted by Crippen LogP contribution is -2.22. The van der Waals surface area contributed by atoms with E-state index in [9.17, 15) is 0 Å². The van der Waals surface area contributed by atoms with Crippen LogP contribution in [0.25, 0.3) is 44.6 Å². The molecule has 1 atom stereocenters. The van der Waals surface area contributed by atoms with E-state index in [1.807, 2.05) is 0 Å². The van der Waals surface area contributed by atoms with Crippen LogP contribution in [0.1, 0.15) is 35.2 Å². The molecule has 1 unspecified atom stereocenters. The maximum atomic E-state index is 6.38. The van der Waals surface area contributed by atoms with E-state index in [4.69, 9.17) is 4.42 Å². The normalized spacial score (nSPS) is 19.2. The SMILES string of the molecule is C1=C2CCC2Cc2c1c1ccc3oc4cc5c(cc4c3c1n2-c1ccccc1)CC5. The van der Waals surface area contributed by atoms with E-state index in [-0.39, 0.29) is 0 Å². The van der Waals surface area contributed by atoms with Crippen LogP contribution in [0.3, 0.4) is 0 Å². The number of aromatic nitrogens is 1. The van der Waals surface area contributed by atoms with E-state index < -0.39 is 0 Å². The fraction of sp³-hybridized carbons (Fsp3) is 0.214. The van der Waals surface area contributed by atoms with Crippen LogP contribution >= 0.6 is 0 Å². The molecule has 0 saturated heterocycles. The minimum Gasteiger partial charge on any atom is -0.456 e. The number of rotatable bonds is 1. The van der Waals surface area contributed by atoms with Crippen LogP contribution in [0, 0.1) is 5.92 Å². The van der Waals surface area contributed by atoms with Crippen LogP contribution in [0.5, 0.6) is 0 Å². The fourth-order valence-electron chi connectivity index (χ4n) is 5.98. The van der Waals surface area contributed by atoms with Gasteiger partial charge in [-0.15, -0.1) is 0 Å². The van der Waals surface area contributed by atoms with Crippen molar-refractivity contribution in [3.05, 3.63) is 82.6 Å². The monoisotopic (exact) mass is 387 g/mol. The Labute approximate surface area is 174 Å². The molecule has 0 spiro atoms. The molecule has 3 aliphatic rings. The molecule has 2 heterocycles. The number of benzene rings is 3. The van der Waals surface area contributed by atoms with Crippen LogP contribution < -0.4 is 0 Å². The number of para-hydroxylation sites is 1. The zero-order chi connectivity index (χ0) is 19.4. The van der Waals surface area contributed by atoms with Gasteiger partial charge in [0.25, 0.3) is 0 Å². The molecule has 144 valence electrons. The molecule has 0 bridgehead atoms. The van der Waals surface area contributed by atoms with Gasteiger partial charge in [-0.2, -0.15) is 0 Å². The number of nitrogens with zero attached hydrogens (tertiary/aromatic N) is 1. The molecule has 0 radical (unpaired) electrons. The van der Waals surface area contributed by atoms with E-state index >= 15 is 0 Å². The largest absolute Gasteiger partial charge is 0.456 e. The van der Waals surface area contributed by atoms with E-state index in [1.165, 1.54) is 75.4 Å². The van der Waals surface area contributed by atoms with Gasteiger partial charge in [-0.3, -0.25) is 0 Å². The first kappa shape index (κ1) is 15.6. The predicted octanol–water partition coefficient (Wildman–Crippen LogP) is 6.98. The van der Waals surface area contributed by atoms with E-state index in [2.05, 4.69) is 65.2 Å². The first-order chi connectivity index (χ1) is 14.8. The fourth-order valence-corrected chi connectivity index (χ4v) is 5.98. The second-order valence-corrected chi connectivity index (χ2v) is 9.24. The lowest BCUT2D eigenvalue weighted by molar-refractivity contribution is 0.434. The number of furan rings is 1. The Bertz CT molecular complexity index is 1560. The highest BCUT2D eigenvalue weighted by atomic mass is 16.3. The lowest BCUT2D eigenvalue weighted by atomic mass is 9.72. The van der Waals surface area contributed by atoms with Crippen molar-refractivity contribution in [2.45, 2.75) is 32.1 Å². The first-order valence-electron chi connectivity index (χ1n) is 11.2. The Morgan fingerprint density at radius 2 is 1.70 bits per heavy atom. The van der Waals surface area contributed by atoms with Crippen LogP contribution in [0.4, 0.5) is 0 Å². The van der Waals surface area contributed by atoms with Crippen LogP contribution in [0.2, 0.25) is 0 Å². The summed E-state index contributed by atoms with van der Waals surface area (Å²) in [6, 6.07) is 20.0. The summed E-state index contributed by atoms with van der Waals surface area (Å²) in [5, 5.41) is 3.92. The molecule has 0 aliphatic heterocycles. The topological polar surface area (TPSA) is 18.1 Å². The average Bonchev–Trinajstić information content (AvgIpc) is 3.25. The Kier molecular flexibility index (Phi) is 2.73. The zero-order valence-electron chi connectivity index (χ0n) is 16.7. The van der Waals surface area contributed by atoms with Crippen molar-refractivity contribution >= 4 is 38.9 Å². The van der Waals surface area contributed by atoms with Gasteiger partial charge in [-0.25, -0.2) is 0 Å². The van der Waals surface area contributed by atoms with Crippen LogP contribution in [-0.2, 0) is 19.3 Å². The van der Waals surface area contributed by atoms with Gasteiger partial charge in [0.05, 0.1) is 10.9 Å². The molecule has 3 aliphatic carbocycles. The van der Waals surface area contributed by atoms with E-state index in [1.54, 1.807) is 5.57 Å². The van der Waals surface area contributed by atoms with Gasteiger partial charge in [-0.05, 0) is 85.5 Å². The summed E-state index contributed by atoms with van der Waals surface area (Å²) in [7, 11) is 0. The Morgan fingerprint density at radius 3 is 2.50 bits per heavy atom. The molecule has 30 heavy (non-hydrogen) atoms. The van der Waals surface area contributed by atoms with Crippen molar-refractivity contribution in [3.63, 3.8) is 0 Å². The van der Waals surface area contributed by atoms with Crippen molar-refractivity contribution < 1.29 is 4.42 Å². The molecule has 2 heteroatoms. The summed E-state index contributed by atoms with van der Waals surface area (Å²) in [4.78, 5) is 0. The molecule has 8 rings (SSSR count). The van der Waals surface area contributed by atoms with E-state index in [0.717, 1.165) is 23.5 Å². The highest BCUT2D eigenvalue weighted by Crippen LogP contribution is 2.48. The van der Waals surface area contributed by atoms with Crippen molar-refractivity contribution in [1.29, 1.82) is 0 Å². The standard InChI is InChI=1S/C28H21NO/c1-2-4-20(5-3-1)29-24-14-18-8-6-16(18)12-22(24)21-10-11-25-27(28(21)29)23-13-17-7-9-19(17)15-26(23)30-25/h1-5,10-13,15,18H,6-9,14H2. The summed E-state index contributed by atoms with van der Waals surface area (Å²) < 4.78 is 8.91. The van der Waals surface area contributed by atoms with Gasteiger partial charge in [0.15, 0.2) is 0 Å². The van der Waals surface area contributed by atoms with Gasteiger partial charge < -0.3 is 8.98 Å². The molecule has 3 aromatic carbocycles. The summed E-state index contributed by atoms with van der Waals surface area (Å²) in [6.07, 6.45) is 8.62. The number of allylic oxidation sites excluding steroid dienone is 1. The maximum Gasteiger partial charge on any atom is 0.137 e. The summed E-state index contributed by atoms with van der Waals surface area (Å²) in [6.45, 7) is 0. The highest BCUT2D eigenvalue weighted by Gasteiger charge is 2.33. The molecule has 5 aromatic rings. The van der Waals surface area contributed by atoms with Crippen LogP contribution in [0.15, 0.2) is 64.6 Å². The second-order valence-electron chi connectivity index (χ2n) is 9.24. The average molecular weight is 387 g/mol. The highest BCUT2D eigenvalue weighted by molar-refractivity contribution is 6.20. The Morgan fingerprint density at radius 1 is 0.833 bits per heavy atom. The quantitative estimate of drug-likeness (QED) is 0.303. The Balaban J connectivity index is 1.59. The minimum absolute atomic E-state index is 0.737. The minimum atomic E-state index is 0.737. The number of aryl methyl sites for hydroxylation is 2. The summed E-state index contributed by atoms with van der Waals surface area (Å²) in [5.74, 6) is 0.737. The molecular formula is C28H21NO. The van der Waals surface area contributed by atoms with Crippen molar-refractivity contribution in [3.8, 4) is 5.69 Å². The van der Waals surface area contributed by atoms with Crippen molar-refractivity contribution in [2.75, 3.05) is 0 Å². The Hall–Kier alpha value is -3.26. The maximum absolute atomic E-state index is 6.38. The molecule has 1 saturated carbocycles. The number of fused-ring (bicyclic) bond motifs is 9. The smallest absolute Gasteiger partial charge is 0.137 e. The van der Waals surface area contributed by atoms with E-state index in [0.29, 0.717) is 0 Å². The third kappa shape index (κ3) is 1.81. The van der Waals surface area contributed by atoms with Gasteiger partial charge >= 0.3 is 0 Å². The second kappa shape index (κ2) is 5.26. The van der Waals surface area contributed by atoms with Gasteiger partial charge in [-0.1, -0.05) is 29.8 Å². The van der Waals surface area contributed by atoms with Gasteiger partial charge in [0, 0.05) is 27.7 Å². The summed E-state index contributed by atoms with van der Waals surface area (Å²) in [5.41, 5.74) is 12.1. The molecule has 2 nitrogen and oxygen atoms in total. The first-order valence-corrected chi connectivity index (χ1v) is 11.2. The third-order valence-electron chi connectivity index (χ3n) is 7.78. The zero-order valence-corrected chi connectivity index (χ0v) is 16.7. The number of hydrogen-bond donors (Lipinski definition) is 0. The molecule has 0 amide bonds. The van der Waals surface area contributed by atoms with Crippen LogP contribution in [-0.4, -0.2) is 4.57 Å². The van der Waals surface area contributed by atoms with Crippen molar-refractivity contribution in [1.82, 2.24) is 4.57 Å². The summed E-state index contributed by atoms with van der Waals surface area (Å²) >= 11 is 0. The molecule has 2 aromatic heterocycles. The van der Waals surface area contributed by atoms with Gasteiger partial charge in [0.2, 0.25) is 0 Å². The predicted molar refractivity (Wildman–Crippen MR) is 122 cm³/mol. The van der Waals surface area contributed by atoms with Crippen molar-refractivity contribution in [2.24, 2.45) is 5.92 Å². The lowest BCUT2D eigenvalue weighted by Gasteiger charge is -2.34. The molecular weight excluding hydrogens is 366 g/mol. The third-order valence-corrected chi connectivity index (χ3v) is 7.78.